The molecule has 1 N–H and O–H groups in total. The van der Waals surface area contributed by atoms with Crippen LogP contribution < -0.4 is 0 Å². The van der Waals surface area contributed by atoms with Gasteiger partial charge in [-0.2, -0.15) is 5.10 Å². The molecule has 0 spiro atoms. The first-order valence-corrected chi connectivity index (χ1v) is 7.10. The Labute approximate surface area is 117 Å². The van der Waals surface area contributed by atoms with Crippen LogP contribution in [0.15, 0.2) is 0 Å². The highest BCUT2D eigenvalue weighted by Crippen LogP contribution is 2.36. The molecule has 3 rings (SSSR count). The number of aryl methyl sites for hydroxylation is 1. The zero-order chi connectivity index (χ0) is 14.1. The maximum absolute atomic E-state index is 12.4. The number of nitrogens with zero attached hydrogens (tertiary/aromatic N) is 3. The summed E-state index contributed by atoms with van der Waals surface area (Å²) in [6, 6.07) is 0. The first-order valence-electron chi connectivity index (χ1n) is 7.10. The molecule has 1 amide bonds. The Balaban J connectivity index is 1.59. The third-order valence-corrected chi connectivity index (χ3v) is 3.71. The van der Waals surface area contributed by atoms with Crippen LogP contribution in [0.4, 0.5) is 0 Å². The molecule has 0 radical (unpaired) electrons. The lowest BCUT2D eigenvalue weighted by atomic mass is 10.2. The predicted octanol–water partition coefficient (Wildman–Crippen LogP) is 0.438. The van der Waals surface area contributed by atoms with E-state index in [1.807, 2.05) is 18.7 Å². The molecule has 1 saturated carbocycles. The molecule has 20 heavy (non-hydrogen) atoms. The van der Waals surface area contributed by atoms with E-state index in [0.29, 0.717) is 32.1 Å². The average Bonchev–Trinajstić information content (AvgIpc) is 3.09. The molecular weight excluding hydrogens is 260 g/mol. The molecule has 0 bridgehead atoms. The summed E-state index contributed by atoms with van der Waals surface area (Å²) in [5.41, 5.74) is 0. The van der Waals surface area contributed by atoms with Crippen molar-refractivity contribution in [2.45, 2.75) is 32.5 Å². The molecule has 0 aromatic carbocycles. The van der Waals surface area contributed by atoms with Crippen LogP contribution >= 0.6 is 0 Å². The van der Waals surface area contributed by atoms with Crippen molar-refractivity contribution in [2.75, 3.05) is 26.3 Å². The lowest BCUT2D eigenvalue weighted by molar-refractivity contribution is -0.141. The van der Waals surface area contributed by atoms with E-state index in [0.717, 1.165) is 12.2 Å². The maximum atomic E-state index is 12.4. The van der Waals surface area contributed by atoms with E-state index in [1.165, 1.54) is 0 Å². The Bertz CT molecular complexity index is 490. The molecule has 1 aromatic heterocycles. The van der Waals surface area contributed by atoms with Crippen molar-refractivity contribution in [3.63, 3.8) is 0 Å². The van der Waals surface area contributed by atoms with Crippen LogP contribution in [-0.2, 0) is 14.3 Å². The van der Waals surface area contributed by atoms with E-state index in [-0.39, 0.29) is 24.0 Å². The van der Waals surface area contributed by atoms with Gasteiger partial charge in [-0.05, 0) is 20.3 Å². The highest BCUT2D eigenvalue weighted by Gasteiger charge is 2.46. The number of amides is 1. The minimum Gasteiger partial charge on any atom is -0.378 e. The standard InChI is InChI=1S/C13H20N4O3/c1-3-19-10-6-9(10)13(18)17-4-5-20-11(7-17)12-14-8(2)15-16-12/h9-11H,3-7H2,1-2H3,(H,14,15,16)/t9-,10+,11-/m0/s1. The van der Waals surface area contributed by atoms with Crippen molar-refractivity contribution in [3.05, 3.63) is 11.6 Å². The lowest BCUT2D eigenvalue weighted by Gasteiger charge is -2.31. The molecule has 3 atom stereocenters. The molecule has 1 saturated heterocycles. The van der Waals surface area contributed by atoms with Gasteiger partial charge in [0.25, 0.3) is 0 Å². The van der Waals surface area contributed by atoms with Crippen LogP contribution in [0.5, 0.6) is 0 Å². The second kappa shape index (κ2) is 5.49. The second-order valence-electron chi connectivity index (χ2n) is 5.26. The first-order chi connectivity index (χ1) is 9.69. The summed E-state index contributed by atoms with van der Waals surface area (Å²) in [5.74, 6) is 1.58. The van der Waals surface area contributed by atoms with Crippen LogP contribution in [-0.4, -0.2) is 58.4 Å². The number of H-pyrrole nitrogens is 1. The van der Waals surface area contributed by atoms with Crippen LogP contribution in [0.25, 0.3) is 0 Å². The van der Waals surface area contributed by atoms with Gasteiger partial charge in [0.1, 0.15) is 11.9 Å². The fourth-order valence-electron chi connectivity index (χ4n) is 2.57. The minimum absolute atomic E-state index is 0.0302. The van der Waals surface area contributed by atoms with Gasteiger partial charge in [0.2, 0.25) is 5.91 Å². The van der Waals surface area contributed by atoms with Crippen LogP contribution in [0, 0.1) is 12.8 Å². The van der Waals surface area contributed by atoms with Crippen molar-refractivity contribution < 1.29 is 14.3 Å². The van der Waals surface area contributed by atoms with Crippen LogP contribution in [0.1, 0.15) is 31.1 Å². The van der Waals surface area contributed by atoms with E-state index in [1.54, 1.807) is 0 Å². The summed E-state index contributed by atoms with van der Waals surface area (Å²) in [6.45, 7) is 6.14. The zero-order valence-corrected chi connectivity index (χ0v) is 11.8. The summed E-state index contributed by atoms with van der Waals surface area (Å²) in [5, 5.41) is 6.92. The molecular formula is C13H20N4O3. The van der Waals surface area contributed by atoms with Crippen molar-refractivity contribution in [3.8, 4) is 0 Å². The van der Waals surface area contributed by atoms with Gasteiger partial charge in [0, 0.05) is 13.2 Å². The second-order valence-corrected chi connectivity index (χ2v) is 5.26. The summed E-state index contributed by atoms with van der Waals surface area (Å²) in [7, 11) is 0. The number of carbonyl (C=O) groups excluding carboxylic acids is 1. The van der Waals surface area contributed by atoms with Gasteiger partial charge in [0.15, 0.2) is 5.82 Å². The van der Waals surface area contributed by atoms with Gasteiger partial charge in [0.05, 0.1) is 25.2 Å². The molecule has 1 aliphatic heterocycles. The van der Waals surface area contributed by atoms with E-state index in [4.69, 9.17) is 9.47 Å². The normalized spacial score (nSPS) is 29.5. The number of nitrogens with one attached hydrogen (secondary N) is 1. The highest BCUT2D eigenvalue weighted by atomic mass is 16.5. The number of morpholine rings is 1. The third kappa shape index (κ3) is 2.69. The molecule has 2 fully saturated rings. The van der Waals surface area contributed by atoms with Crippen molar-refractivity contribution in [2.24, 2.45) is 5.92 Å². The largest absolute Gasteiger partial charge is 0.378 e. The SMILES string of the molecule is CCO[C@@H]1C[C@@H]1C(=O)N1CCO[C@H](c2n[nH]c(C)n2)C1. The fourth-order valence-corrected chi connectivity index (χ4v) is 2.57. The number of aromatic nitrogens is 3. The molecule has 2 aliphatic rings. The Morgan fingerprint density at radius 3 is 3.15 bits per heavy atom. The Morgan fingerprint density at radius 2 is 2.45 bits per heavy atom. The Hall–Kier alpha value is -1.47. The summed E-state index contributed by atoms with van der Waals surface area (Å²) in [6.07, 6.45) is 0.718. The van der Waals surface area contributed by atoms with E-state index < -0.39 is 0 Å². The molecule has 110 valence electrons. The third-order valence-electron chi connectivity index (χ3n) is 3.71. The Kier molecular flexibility index (Phi) is 3.71. The van der Waals surface area contributed by atoms with Gasteiger partial charge >= 0.3 is 0 Å². The number of hydrogen-bond donors (Lipinski definition) is 1. The van der Waals surface area contributed by atoms with E-state index >= 15 is 0 Å². The van der Waals surface area contributed by atoms with Gasteiger partial charge in [-0.1, -0.05) is 0 Å². The number of rotatable bonds is 4. The highest BCUT2D eigenvalue weighted by molar-refractivity contribution is 5.82. The number of ether oxygens (including phenoxy) is 2. The average molecular weight is 280 g/mol. The fraction of sp³-hybridized carbons (Fsp3) is 0.769. The van der Waals surface area contributed by atoms with Crippen LogP contribution in [0.3, 0.4) is 0 Å². The summed E-state index contributed by atoms with van der Waals surface area (Å²) < 4.78 is 11.1. The quantitative estimate of drug-likeness (QED) is 0.865. The van der Waals surface area contributed by atoms with Gasteiger partial charge in [-0.15, -0.1) is 0 Å². The smallest absolute Gasteiger partial charge is 0.228 e. The Morgan fingerprint density at radius 1 is 1.60 bits per heavy atom. The lowest BCUT2D eigenvalue weighted by Crippen LogP contribution is -2.43. The van der Waals surface area contributed by atoms with Gasteiger partial charge in [-0.3, -0.25) is 9.89 Å². The molecule has 0 unspecified atom stereocenters. The molecule has 2 heterocycles. The van der Waals surface area contributed by atoms with Gasteiger partial charge in [-0.25, -0.2) is 4.98 Å². The monoisotopic (exact) mass is 280 g/mol. The predicted molar refractivity (Wildman–Crippen MR) is 69.9 cm³/mol. The number of carbonyl (C=O) groups is 1. The van der Waals surface area contributed by atoms with Gasteiger partial charge < -0.3 is 14.4 Å². The topological polar surface area (TPSA) is 80.3 Å². The molecule has 7 heteroatoms. The summed E-state index contributed by atoms with van der Waals surface area (Å²) in [4.78, 5) is 18.5. The van der Waals surface area contributed by atoms with Crippen molar-refractivity contribution in [1.29, 1.82) is 0 Å². The van der Waals surface area contributed by atoms with E-state index in [9.17, 15) is 4.79 Å². The molecule has 7 nitrogen and oxygen atoms in total. The molecule has 1 aromatic rings. The molecule has 1 aliphatic carbocycles. The van der Waals surface area contributed by atoms with Crippen molar-refractivity contribution >= 4 is 5.91 Å². The van der Waals surface area contributed by atoms with E-state index in [2.05, 4.69) is 15.2 Å². The minimum atomic E-state index is -0.234. The zero-order valence-electron chi connectivity index (χ0n) is 11.8. The number of aromatic amines is 1. The maximum Gasteiger partial charge on any atom is 0.228 e. The van der Waals surface area contributed by atoms with Crippen molar-refractivity contribution in [1.82, 2.24) is 20.1 Å². The summed E-state index contributed by atoms with van der Waals surface area (Å²) >= 11 is 0. The van der Waals surface area contributed by atoms with Crippen LogP contribution in [0.2, 0.25) is 0 Å². The first kappa shape index (κ1) is 13.5. The number of hydrogen-bond acceptors (Lipinski definition) is 5.